The van der Waals surface area contributed by atoms with Crippen LogP contribution in [0.2, 0.25) is 0 Å². The highest BCUT2D eigenvalue weighted by Gasteiger charge is 2.26. The zero-order valence-electron chi connectivity index (χ0n) is 18.1. The Bertz CT molecular complexity index is 870. The fourth-order valence-electron chi connectivity index (χ4n) is 3.57. The van der Waals surface area contributed by atoms with E-state index in [1.165, 1.54) is 29.1 Å². The van der Waals surface area contributed by atoms with Crippen molar-refractivity contribution in [3.8, 4) is 5.75 Å². The smallest absolute Gasteiger partial charge is 0.341 e. The molecule has 0 bridgehead atoms. The number of anilines is 1. The minimum Gasteiger partial charge on any atom is -0.493 e. The molecule has 1 aromatic carbocycles. The molecule has 0 saturated carbocycles. The number of nitrogens with one attached hydrogen (secondary N) is 1. The van der Waals surface area contributed by atoms with Crippen molar-refractivity contribution in [1.82, 2.24) is 0 Å². The van der Waals surface area contributed by atoms with Gasteiger partial charge in [-0.2, -0.15) is 0 Å². The molecule has 6 heteroatoms. The molecule has 1 N–H and O–H groups in total. The molecule has 1 heterocycles. The zero-order chi connectivity index (χ0) is 21.5. The van der Waals surface area contributed by atoms with Gasteiger partial charge in [0, 0.05) is 10.4 Å². The molecule has 30 heavy (non-hydrogen) atoms. The van der Waals surface area contributed by atoms with Crippen LogP contribution in [-0.2, 0) is 17.6 Å². The van der Waals surface area contributed by atoms with Crippen molar-refractivity contribution in [2.24, 2.45) is 5.92 Å². The van der Waals surface area contributed by atoms with E-state index in [2.05, 4.69) is 19.2 Å². The van der Waals surface area contributed by atoms with Crippen LogP contribution in [0.3, 0.4) is 0 Å². The van der Waals surface area contributed by atoms with E-state index < -0.39 is 0 Å². The number of aryl methyl sites for hydroxylation is 1. The van der Waals surface area contributed by atoms with Crippen molar-refractivity contribution in [3.63, 3.8) is 0 Å². The Balaban J connectivity index is 1.81. The van der Waals surface area contributed by atoms with E-state index in [9.17, 15) is 9.59 Å². The van der Waals surface area contributed by atoms with Crippen LogP contribution in [0.15, 0.2) is 24.3 Å². The molecule has 0 saturated heterocycles. The first-order chi connectivity index (χ1) is 14.5. The van der Waals surface area contributed by atoms with Crippen molar-refractivity contribution in [2.45, 2.75) is 59.3 Å². The molecule has 1 aliphatic carbocycles. The average Bonchev–Trinajstić information content (AvgIpc) is 3.03. The van der Waals surface area contributed by atoms with Gasteiger partial charge in [0.05, 0.1) is 18.8 Å². The topological polar surface area (TPSA) is 64.6 Å². The highest BCUT2D eigenvalue weighted by Crippen LogP contribution is 2.38. The maximum absolute atomic E-state index is 12.9. The van der Waals surface area contributed by atoms with Gasteiger partial charge in [0.1, 0.15) is 10.8 Å². The van der Waals surface area contributed by atoms with Gasteiger partial charge in [-0.15, -0.1) is 11.3 Å². The first kappa shape index (κ1) is 22.3. The lowest BCUT2D eigenvalue weighted by Gasteiger charge is -2.12. The summed E-state index contributed by atoms with van der Waals surface area (Å²) in [5, 5.41) is 3.57. The molecular weight excluding hydrogens is 398 g/mol. The van der Waals surface area contributed by atoms with Crippen LogP contribution in [0.5, 0.6) is 5.75 Å². The third-order valence-electron chi connectivity index (χ3n) is 5.08. The molecule has 1 amide bonds. The van der Waals surface area contributed by atoms with Gasteiger partial charge in [0.25, 0.3) is 5.91 Å². The van der Waals surface area contributed by atoms with Crippen molar-refractivity contribution in [3.05, 3.63) is 45.8 Å². The Morgan fingerprint density at radius 2 is 1.77 bits per heavy atom. The highest BCUT2D eigenvalue weighted by atomic mass is 32.1. The standard InChI is InChI=1S/C24H31NO4S/c1-4-28-24(27)21-19-9-7-5-6-8-10-20(19)30-23(21)25-22(26)17-11-13-18(14-12-17)29-15-16(2)3/h11-14,16H,4-10,15H2,1-3H3,(H,25,26). The second kappa shape index (κ2) is 10.6. The summed E-state index contributed by atoms with van der Waals surface area (Å²) in [5.41, 5.74) is 2.14. The Kier molecular flexibility index (Phi) is 7.91. The molecule has 3 rings (SSSR count). The third-order valence-corrected chi connectivity index (χ3v) is 6.28. The molecule has 0 fully saturated rings. The van der Waals surface area contributed by atoms with Crippen LogP contribution < -0.4 is 10.1 Å². The quantitative estimate of drug-likeness (QED) is 0.559. The molecule has 0 aliphatic heterocycles. The first-order valence-electron chi connectivity index (χ1n) is 10.9. The summed E-state index contributed by atoms with van der Waals surface area (Å²) in [6.45, 7) is 6.93. The lowest BCUT2D eigenvalue weighted by Crippen LogP contribution is -2.15. The Morgan fingerprint density at radius 3 is 2.43 bits per heavy atom. The fourth-order valence-corrected chi connectivity index (χ4v) is 4.84. The summed E-state index contributed by atoms with van der Waals surface area (Å²) < 4.78 is 11.0. The minimum atomic E-state index is -0.344. The first-order valence-corrected chi connectivity index (χ1v) is 11.7. The van der Waals surface area contributed by atoms with E-state index in [-0.39, 0.29) is 11.9 Å². The summed E-state index contributed by atoms with van der Waals surface area (Å²) in [7, 11) is 0. The SMILES string of the molecule is CCOC(=O)c1c(NC(=O)c2ccc(OCC(C)C)cc2)sc2c1CCCCCC2. The number of carbonyl (C=O) groups excluding carboxylic acids is 2. The highest BCUT2D eigenvalue weighted by molar-refractivity contribution is 7.17. The Hall–Kier alpha value is -2.34. The summed E-state index contributed by atoms with van der Waals surface area (Å²) in [5.74, 6) is 0.604. The maximum Gasteiger partial charge on any atom is 0.341 e. The summed E-state index contributed by atoms with van der Waals surface area (Å²) in [6.07, 6.45) is 6.35. The summed E-state index contributed by atoms with van der Waals surface area (Å²) in [6, 6.07) is 7.10. The van der Waals surface area contributed by atoms with Crippen molar-refractivity contribution >= 4 is 28.2 Å². The van der Waals surface area contributed by atoms with Crippen molar-refractivity contribution in [2.75, 3.05) is 18.5 Å². The Labute approximate surface area is 182 Å². The molecule has 1 aromatic heterocycles. The second-order valence-electron chi connectivity index (χ2n) is 8.03. The van der Waals surface area contributed by atoms with Crippen molar-refractivity contribution < 1.29 is 19.1 Å². The van der Waals surface area contributed by atoms with Crippen LogP contribution in [-0.4, -0.2) is 25.1 Å². The molecule has 0 spiro atoms. The van der Waals surface area contributed by atoms with E-state index >= 15 is 0 Å². The van der Waals surface area contributed by atoms with Gasteiger partial charge in [-0.05, 0) is 68.4 Å². The second-order valence-corrected chi connectivity index (χ2v) is 9.13. The molecule has 0 radical (unpaired) electrons. The van der Waals surface area contributed by atoms with E-state index in [1.54, 1.807) is 31.2 Å². The lowest BCUT2D eigenvalue weighted by molar-refractivity contribution is 0.0526. The van der Waals surface area contributed by atoms with Crippen LogP contribution in [0.4, 0.5) is 5.00 Å². The minimum absolute atomic E-state index is 0.231. The molecule has 1 aliphatic rings. The van der Waals surface area contributed by atoms with Gasteiger partial charge < -0.3 is 14.8 Å². The third kappa shape index (κ3) is 5.63. The van der Waals surface area contributed by atoms with E-state index in [0.717, 1.165) is 37.0 Å². The van der Waals surface area contributed by atoms with Gasteiger partial charge in [0.15, 0.2) is 0 Å². The van der Waals surface area contributed by atoms with Gasteiger partial charge in [0.2, 0.25) is 0 Å². The fraction of sp³-hybridized carbons (Fsp3) is 0.500. The number of esters is 1. The molecular formula is C24H31NO4S. The van der Waals surface area contributed by atoms with Gasteiger partial charge in [-0.25, -0.2) is 4.79 Å². The van der Waals surface area contributed by atoms with Crippen LogP contribution in [0.25, 0.3) is 0 Å². The van der Waals surface area contributed by atoms with E-state index in [1.807, 2.05) is 0 Å². The molecule has 5 nitrogen and oxygen atoms in total. The molecule has 162 valence electrons. The molecule has 0 unspecified atom stereocenters. The maximum atomic E-state index is 12.9. The van der Waals surface area contributed by atoms with Crippen LogP contribution >= 0.6 is 11.3 Å². The summed E-state index contributed by atoms with van der Waals surface area (Å²) >= 11 is 1.52. The Morgan fingerprint density at radius 1 is 1.07 bits per heavy atom. The predicted octanol–water partition coefficient (Wildman–Crippen LogP) is 5.87. The average molecular weight is 430 g/mol. The normalized spacial score (nSPS) is 13.9. The van der Waals surface area contributed by atoms with Crippen LogP contribution in [0.1, 0.15) is 77.6 Å². The van der Waals surface area contributed by atoms with Crippen molar-refractivity contribution in [1.29, 1.82) is 0 Å². The molecule has 2 aromatic rings. The number of hydrogen-bond donors (Lipinski definition) is 1. The number of hydrogen-bond acceptors (Lipinski definition) is 5. The lowest BCUT2D eigenvalue weighted by atomic mass is 9.96. The number of carbonyl (C=O) groups is 2. The van der Waals surface area contributed by atoms with Gasteiger partial charge >= 0.3 is 5.97 Å². The van der Waals surface area contributed by atoms with Crippen LogP contribution in [0, 0.1) is 5.92 Å². The number of benzene rings is 1. The van der Waals surface area contributed by atoms with E-state index in [4.69, 9.17) is 9.47 Å². The monoisotopic (exact) mass is 429 g/mol. The number of rotatable bonds is 7. The largest absolute Gasteiger partial charge is 0.493 e. The summed E-state index contributed by atoms with van der Waals surface area (Å²) in [4.78, 5) is 26.8. The number of fused-ring (bicyclic) bond motifs is 1. The predicted molar refractivity (Wildman–Crippen MR) is 121 cm³/mol. The number of ether oxygens (including phenoxy) is 2. The molecule has 0 atom stereocenters. The van der Waals surface area contributed by atoms with Gasteiger partial charge in [-0.1, -0.05) is 26.7 Å². The van der Waals surface area contributed by atoms with E-state index in [0.29, 0.717) is 35.3 Å². The number of amides is 1. The number of thiophene rings is 1. The van der Waals surface area contributed by atoms with Gasteiger partial charge in [-0.3, -0.25) is 4.79 Å². The zero-order valence-corrected chi connectivity index (χ0v) is 18.9.